The second-order valence-electron chi connectivity index (χ2n) is 6.93. The summed E-state index contributed by atoms with van der Waals surface area (Å²) in [4.78, 5) is 19.5. The van der Waals surface area contributed by atoms with E-state index in [0.717, 1.165) is 5.56 Å². The molecular formula is C25H18ClN3O3. The molecule has 1 N–H and O–H groups in total. The molecule has 32 heavy (non-hydrogen) atoms. The van der Waals surface area contributed by atoms with Gasteiger partial charge in [-0.05, 0) is 53.6 Å². The number of halogens is 1. The monoisotopic (exact) mass is 443 g/mol. The molecule has 0 unspecified atom stereocenters. The molecule has 158 valence electrons. The number of para-hydroxylation sites is 1. The first-order valence-electron chi connectivity index (χ1n) is 9.74. The normalized spacial score (nSPS) is 11.2. The van der Waals surface area contributed by atoms with Gasteiger partial charge in [-0.25, -0.2) is 4.98 Å². The number of benzene rings is 3. The Morgan fingerprint density at radius 1 is 1.12 bits per heavy atom. The van der Waals surface area contributed by atoms with Crippen LogP contribution in [-0.2, 0) is 6.61 Å². The fourth-order valence-corrected chi connectivity index (χ4v) is 3.30. The second-order valence-corrected chi connectivity index (χ2v) is 7.36. The van der Waals surface area contributed by atoms with Crippen molar-refractivity contribution >= 4 is 34.2 Å². The maximum atomic E-state index is 12.3. The summed E-state index contributed by atoms with van der Waals surface area (Å²) in [5.74, 6) is 1.29. The number of ether oxygens (including phenoxy) is 2. The maximum Gasteiger partial charge on any atom is 0.259 e. The van der Waals surface area contributed by atoms with Gasteiger partial charge in [0.25, 0.3) is 5.56 Å². The quantitative estimate of drug-likeness (QED) is 0.412. The number of H-pyrrole nitrogens is 1. The molecule has 0 aliphatic heterocycles. The number of fused-ring (bicyclic) bond motifs is 1. The van der Waals surface area contributed by atoms with Crippen LogP contribution in [0.25, 0.3) is 22.6 Å². The molecule has 6 nitrogen and oxygen atoms in total. The lowest BCUT2D eigenvalue weighted by molar-refractivity contribution is 0.284. The molecule has 0 saturated heterocycles. The van der Waals surface area contributed by atoms with Gasteiger partial charge in [0.1, 0.15) is 12.7 Å². The predicted molar refractivity (Wildman–Crippen MR) is 125 cm³/mol. The third-order valence-electron chi connectivity index (χ3n) is 4.79. The number of hydrogen-bond donors (Lipinski definition) is 1. The van der Waals surface area contributed by atoms with Gasteiger partial charge in [0.15, 0.2) is 17.3 Å². The average molecular weight is 444 g/mol. The summed E-state index contributed by atoms with van der Waals surface area (Å²) in [6, 6.07) is 21.8. The second kappa shape index (κ2) is 9.38. The third kappa shape index (κ3) is 4.64. The minimum atomic E-state index is -0.296. The van der Waals surface area contributed by atoms with Crippen LogP contribution < -0.4 is 15.0 Å². The molecule has 4 rings (SSSR count). The van der Waals surface area contributed by atoms with E-state index >= 15 is 0 Å². The molecule has 4 aromatic rings. The Hall–Kier alpha value is -4.08. The van der Waals surface area contributed by atoms with Crippen LogP contribution in [0.3, 0.4) is 0 Å². The van der Waals surface area contributed by atoms with E-state index in [4.69, 9.17) is 21.1 Å². The summed E-state index contributed by atoms with van der Waals surface area (Å²) in [6.07, 6.45) is 1.64. The van der Waals surface area contributed by atoms with E-state index in [9.17, 15) is 10.1 Å². The maximum absolute atomic E-state index is 12.3. The highest BCUT2D eigenvalue weighted by atomic mass is 35.5. The number of aromatic nitrogens is 2. The average Bonchev–Trinajstić information content (AvgIpc) is 2.82. The number of methoxy groups -OCH3 is 1. The van der Waals surface area contributed by atoms with Crippen molar-refractivity contribution in [3.63, 3.8) is 0 Å². The predicted octanol–water partition coefficient (Wildman–Crippen LogP) is 5.23. The molecule has 7 heteroatoms. The van der Waals surface area contributed by atoms with E-state index in [0.29, 0.717) is 39.6 Å². The van der Waals surface area contributed by atoms with E-state index in [2.05, 4.69) is 16.0 Å². The first-order chi connectivity index (χ1) is 15.6. The van der Waals surface area contributed by atoms with Crippen molar-refractivity contribution in [3.8, 4) is 17.6 Å². The molecule has 0 atom stereocenters. The zero-order valence-electron chi connectivity index (χ0n) is 17.1. The standard InChI is InChI=1S/C25H18ClN3O3/c1-31-23-13-17(8-11-22(23)32-15-16-6-9-19(26)10-7-16)12-18(14-27)24-28-21-5-3-2-4-20(21)25(30)29-24/h2-13H,15H2,1H3,(H,28,29,30)/b18-12+. The smallest absolute Gasteiger partial charge is 0.259 e. The zero-order chi connectivity index (χ0) is 22.5. The number of nitrogens with one attached hydrogen (secondary N) is 1. The Kier molecular flexibility index (Phi) is 6.20. The Bertz CT molecular complexity index is 1400. The highest BCUT2D eigenvalue weighted by molar-refractivity contribution is 6.30. The fraction of sp³-hybridized carbons (Fsp3) is 0.0800. The molecule has 3 aromatic carbocycles. The number of aromatic amines is 1. The largest absolute Gasteiger partial charge is 0.493 e. The highest BCUT2D eigenvalue weighted by Gasteiger charge is 2.10. The fourth-order valence-electron chi connectivity index (χ4n) is 3.17. The summed E-state index contributed by atoms with van der Waals surface area (Å²) in [7, 11) is 1.55. The van der Waals surface area contributed by atoms with Gasteiger partial charge in [-0.15, -0.1) is 0 Å². The van der Waals surface area contributed by atoms with Crippen molar-refractivity contribution in [2.75, 3.05) is 7.11 Å². The minimum Gasteiger partial charge on any atom is -0.493 e. The highest BCUT2D eigenvalue weighted by Crippen LogP contribution is 2.30. The lowest BCUT2D eigenvalue weighted by Crippen LogP contribution is -2.11. The van der Waals surface area contributed by atoms with Gasteiger partial charge in [-0.2, -0.15) is 5.26 Å². The molecule has 1 heterocycles. The lowest BCUT2D eigenvalue weighted by Gasteiger charge is -2.12. The van der Waals surface area contributed by atoms with Crippen LogP contribution in [0.1, 0.15) is 17.0 Å². The number of hydrogen-bond acceptors (Lipinski definition) is 5. The van der Waals surface area contributed by atoms with Gasteiger partial charge in [-0.3, -0.25) is 4.79 Å². The summed E-state index contributed by atoms with van der Waals surface area (Å²) in [5, 5.41) is 10.8. The Morgan fingerprint density at radius 3 is 2.66 bits per heavy atom. The van der Waals surface area contributed by atoms with E-state index in [1.165, 1.54) is 0 Å². The lowest BCUT2D eigenvalue weighted by atomic mass is 10.1. The summed E-state index contributed by atoms with van der Waals surface area (Å²) < 4.78 is 11.3. The number of allylic oxidation sites excluding steroid dienone is 1. The van der Waals surface area contributed by atoms with Crippen molar-refractivity contribution in [1.29, 1.82) is 5.26 Å². The molecular weight excluding hydrogens is 426 g/mol. The summed E-state index contributed by atoms with van der Waals surface area (Å²) in [6.45, 7) is 0.356. The van der Waals surface area contributed by atoms with E-state index in [-0.39, 0.29) is 17.0 Å². The molecule has 0 aliphatic carbocycles. The number of rotatable bonds is 6. The minimum absolute atomic E-state index is 0.207. The third-order valence-corrected chi connectivity index (χ3v) is 5.05. The molecule has 0 bridgehead atoms. The van der Waals surface area contributed by atoms with Crippen molar-refractivity contribution in [2.45, 2.75) is 6.61 Å². The Labute approximate surface area is 189 Å². The first kappa shape index (κ1) is 21.2. The van der Waals surface area contributed by atoms with Crippen molar-refractivity contribution in [3.05, 3.63) is 99.1 Å². The van der Waals surface area contributed by atoms with E-state index in [1.54, 1.807) is 67.8 Å². The first-order valence-corrected chi connectivity index (χ1v) is 10.1. The number of nitrogens with zero attached hydrogens (tertiary/aromatic N) is 2. The van der Waals surface area contributed by atoms with Gasteiger partial charge in [0.2, 0.25) is 0 Å². The molecule has 0 radical (unpaired) electrons. The van der Waals surface area contributed by atoms with Crippen LogP contribution in [0, 0.1) is 11.3 Å². The Balaban J connectivity index is 1.62. The molecule has 0 spiro atoms. The zero-order valence-corrected chi connectivity index (χ0v) is 17.9. The summed E-state index contributed by atoms with van der Waals surface area (Å²) in [5.41, 5.74) is 2.13. The topological polar surface area (TPSA) is 88.0 Å². The molecule has 0 saturated carbocycles. The molecule has 0 amide bonds. The van der Waals surface area contributed by atoms with Gasteiger partial charge in [-0.1, -0.05) is 41.9 Å². The summed E-state index contributed by atoms with van der Waals surface area (Å²) >= 11 is 5.92. The molecule has 1 aromatic heterocycles. The van der Waals surface area contributed by atoms with Gasteiger partial charge in [0.05, 0.1) is 23.6 Å². The van der Waals surface area contributed by atoms with Gasteiger partial charge >= 0.3 is 0 Å². The van der Waals surface area contributed by atoms with E-state index < -0.39 is 0 Å². The van der Waals surface area contributed by atoms with Crippen molar-refractivity contribution in [2.24, 2.45) is 0 Å². The molecule has 0 fully saturated rings. The molecule has 0 aliphatic rings. The van der Waals surface area contributed by atoms with Crippen molar-refractivity contribution < 1.29 is 9.47 Å². The van der Waals surface area contributed by atoms with Crippen LogP contribution in [0.4, 0.5) is 0 Å². The van der Waals surface area contributed by atoms with Crippen LogP contribution in [0.2, 0.25) is 5.02 Å². The number of nitriles is 1. The van der Waals surface area contributed by atoms with Gasteiger partial charge in [0, 0.05) is 5.02 Å². The van der Waals surface area contributed by atoms with Crippen LogP contribution in [0.15, 0.2) is 71.5 Å². The Morgan fingerprint density at radius 2 is 1.91 bits per heavy atom. The van der Waals surface area contributed by atoms with Crippen LogP contribution >= 0.6 is 11.6 Å². The SMILES string of the molecule is COc1cc(/C=C(\C#N)c2nc3ccccc3c(=O)[nH]2)ccc1OCc1ccc(Cl)cc1. The van der Waals surface area contributed by atoms with Crippen LogP contribution in [-0.4, -0.2) is 17.1 Å². The van der Waals surface area contributed by atoms with E-state index in [1.807, 2.05) is 12.1 Å². The van der Waals surface area contributed by atoms with Gasteiger partial charge < -0.3 is 14.5 Å². The van der Waals surface area contributed by atoms with Crippen LogP contribution in [0.5, 0.6) is 11.5 Å². The van der Waals surface area contributed by atoms with Crippen molar-refractivity contribution in [1.82, 2.24) is 9.97 Å².